The van der Waals surface area contributed by atoms with Crippen LogP contribution in [-0.4, -0.2) is 23.1 Å². The third-order valence-corrected chi connectivity index (χ3v) is 10.3. The van der Waals surface area contributed by atoms with Crippen molar-refractivity contribution in [1.29, 1.82) is 0 Å². The van der Waals surface area contributed by atoms with Crippen LogP contribution >= 0.6 is 72.8 Å². The highest BCUT2D eigenvalue weighted by atomic mass is 35.5. The number of benzene rings is 2. The van der Waals surface area contributed by atoms with Crippen LogP contribution < -0.4 is 10.6 Å². The lowest BCUT2D eigenvalue weighted by Crippen LogP contribution is -2.24. The highest BCUT2D eigenvalue weighted by Gasteiger charge is 2.33. The Labute approximate surface area is 314 Å². The van der Waals surface area contributed by atoms with Gasteiger partial charge in [-0.15, -0.1) is 49.6 Å². The number of hydrogen-bond acceptors (Lipinski definition) is 4. The zero-order valence-corrected chi connectivity index (χ0v) is 31.7. The van der Waals surface area contributed by atoms with E-state index in [0.717, 1.165) is 59.9 Å². The maximum Gasteiger partial charge on any atom is 0.0741 e. The van der Waals surface area contributed by atoms with Crippen LogP contribution in [0.15, 0.2) is 48.0 Å². The topological polar surface area (TPSA) is 49.8 Å². The monoisotopic (exact) mass is 756 g/mol. The number of nitrogens with zero attached hydrogens (tertiary/aromatic N) is 2. The molecule has 2 aromatic heterocycles. The van der Waals surface area contributed by atoms with E-state index < -0.39 is 0 Å². The van der Waals surface area contributed by atoms with Gasteiger partial charge in [-0.2, -0.15) is 0 Å². The van der Waals surface area contributed by atoms with Crippen LogP contribution in [0.3, 0.4) is 0 Å². The zero-order chi connectivity index (χ0) is 29.3. The summed E-state index contributed by atoms with van der Waals surface area (Å²) in [6.07, 6.45) is 16.7. The molecule has 2 aromatic carbocycles. The van der Waals surface area contributed by atoms with E-state index in [0.29, 0.717) is 11.8 Å². The lowest BCUT2D eigenvalue weighted by Gasteiger charge is -2.36. The number of allylic oxidation sites excluding steroid dienone is 2. The van der Waals surface area contributed by atoms with E-state index >= 15 is 0 Å². The number of nitrogens with one attached hydrogen (secondary N) is 2. The molecule has 0 radical (unpaired) electrons. The molecule has 2 N–H and O–H groups in total. The van der Waals surface area contributed by atoms with E-state index in [1.165, 1.54) is 102 Å². The van der Waals surface area contributed by atoms with Gasteiger partial charge in [0.05, 0.1) is 11.0 Å². The fraction of sp³-hybridized carbons (Fsp3) is 0.459. The Morgan fingerprint density at radius 3 is 1.96 bits per heavy atom. The molecule has 7 rings (SSSR count). The van der Waals surface area contributed by atoms with Crippen LogP contribution in [0.1, 0.15) is 93.1 Å². The van der Waals surface area contributed by atoms with Gasteiger partial charge in [0.25, 0.3) is 0 Å². The first-order valence-electron chi connectivity index (χ1n) is 16.4. The number of unbranched alkanes of at least 4 members (excludes halogenated alkanes) is 4. The van der Waals surface area contributed by atoms with E-state index in [4.69, 9.17) is 33.2 Å². The molecule has 0 amide bonds. The van der Waals surface area contributed by atoms with Gasteiger partial charge in [0.1, 0.15) is 0 Å². The quantitative estimate of drug-likeness (QED) is 0.125. The highest BCUT2D eigenvalue weighted by molar-refractivity contribution is 6.31. The number of anilines is 2. The van der Waals surface area contributed by atoms with Crippen LogP contribution in [0.5, 0.6) is 0 Å². The summed E-state index contributed by atoms with van der Waals surface area (Å²) in [5.74, 6) is 1.19. The van der Waals surface area contributed by atoms with Crippen LogP contribution in [-0.2, 0) is 19.3 Å². The molecule has 2 bridgehead atoms. The minimum Gasteiger partial charge on any atom is -0.384 e. The third kappa shape index (κ3) is 8.74. The van der Waals surface area contributed by atoms with Crippen molar-refractivity contribution in [3.63, 3.8) is 0 Å². The lowest BCUT2D eigenvalue weighted by molar-refractivity contribution is 0.433. The molecule has 0 saturated heterocycles. The summed E-state index contributed by atoms with van der Waals surface area (Å²) in [6, 6.07) is 12.3. The van der Waals surface area contributed by atoms with E-state index in [1.54, 1.807) is 0 Å². The molecule has 256 valence electrons. The van der Waals surface area contributed by atoms with Crippen molar-refractivity contribution >= 4 is 106 Å². The Bertz CT molecular complexity index is 1710. The number of fused-ring (bicyclic) bond motifs is 7. The van der Waals surface area contributed by atoms with Crippen molar-refractivity contribution in [1.82, 2.24) is 9.97 Å². The minimum atomic E-state index is 0. The number of aromatic nitrogens is 2. The molecule has 4 aromatic rings. The van der Waals surface area contributed by atoms with Gasteiger partial charge < -0.3 is 10.6 Å². The van der Waals surface area contributed by atoms with Crippen molar-refractivity contribution in [2.45, 2.75) is 89.9 Å². The maximum absolute atomic E-state index is 6.38. The predicted molar refractivity (Wildman–Crippen MR) is 212 cm³/mol. The fourth-order valence-corrected chi connectivity index (χ4v) is 8.22. The standard InChI is InChI=1S/C37H42Cl2N4.4ClH/c1-23-17-24-19-25(18-23)35-34(20-24)43-33-22-27(39)12-14-30(33)37(35)41-16-8-4-2-3-7-15-40-36-28-9-5-6-10-31(28)42-32-21-26(38)11-13-29(32)36;;;;/h11-14,17,21-22,24-25H,2-10,15-16,18-20H2,1H3,(H,40,42)(H,41,43);4*1H. The Balaban J connectivity index is 0.00000150. The maximum atomic E-state index is 6.38. The molecular weight excluding hydrogens is 713 g/mol. The minimum absolute atomic E-state index is 0. The number of halogens is 6. The van der Waals surface area contributed by atoms with Crippen LogP contribution in [0.2, 0.25) is 10.0 Å². The number of hydrogen-bond donors (Lipinski definition) is 2. The second kappa shape index (κ2) is 17.8. The number of rotatable bonds is 10. The summed E-state index contributed by atoms with van der Waals surface area (Å²) in [6.45, 7) is 4.29. The van der Waals surface area contributed by atoms with E-state index in [2.05, 4.69) is 35.8 Å². The SMILES string of the molecule is CC1=CC2Cc3nc4cc(Cl)ccc4c(NCCCCCCCNc4c5c(nc6cc(Cl)ccc46)CCCC5)c3C(C1)C2.Cl.Cl.Cl.Cl. The van der Waals surface area contributed by atoms with Gasteiger partial charge in [-0.25, -0.2) is 0 Å². The van der Waals surface area contributed by atoms with Crippen LogP contribution in [0.25, 0.3) is 21.8 Å². The van der Waals surface area contributed by atoms with Crippen molar-refractivity contribution in [2.24, 2.45) is 5.92 Å². The fourth-order valence-electron chi connectivity index (χ4n) is 7.88. The molecule has 3 aliphatic rings. The summed E-state index contributed by atoms with van der Waals surface area (Å²) < 4.78 is 0. The smallest absolute Gasteiger partial charge is 0.0741 e. The van der Waals surface area contributed by atoms with Crippen LogP contribution in [0, 0.1) is 5.92 Å². The predicted octanol–water partition coefficient (Wildman–Crippen LogP) is 12.1. The van der Waals surface area contributed by atoms with Gasteiger partial charge in [-0.3, -0.25) is 9.97 Å². The van der Waals surface area contributed by atoms with E-state index in [-0.39, 0.29) is 49.6 Å². The molecule has 0 saturated carbocycles. The average Bonchev–Trinajstić information content (AvgIpc) is 2.98. The molecule has 2 heterocycles. The first-order chi connectivity index (χ1) is 21.0. The molecule has 47 heavy (non-hydrogen) atoms. The van der Waals surface area contributed by atoms with Gasteiger partial charge in [-0.05, 0) is 119 Å². The molecule has 2 atom stereocenters. The molecule has 10 heteroatoms. The molecule has 2 unspecified atom stereocenters. The number of aryl methyl sites for hydroxylation is 1. The average molecular weight is 760 g/mol. The van der Waals surface area contributed by atoms with Crippen molar-refractivity contribution < 1.29 is 0 Å². The Morgan fingerprint density at radius 2 is 1.28 bits per heavy atom. The Morgan fingerprint density at radius 1 is 0.702 bits per heavy atom. The first kappa shape index (κ1) is 39.8. The molecular formula is C37H46Cl6N4. The summed E-state index contributed by atoms with van der Waals surface area (Å²) in [4.78, 5) is 10.1. The molecule has 3 aliphatic carbocycles. The molecule has 0 aliphatic heterocycles. The normalized spacial score (nSPS) is 17.6. The Hall–Kier alpha value is -1.66. The van der Waals surface area contributed by atoms with Gasteiger partial charge in [0.2, 0.25) is 0 Å². The second-order valence-electron chi connectivity index (χ2n) is 13.0. The Kier molecular flexibility index (Phi) is 15.1. The summed E-state index contributed by atoms with van der Waals surface area (Å²) >= 11 is 12.7. The molecule has 0 fully saturated rings. The van der Waals surface area contributed by atoms with Crippen molar-refractivity contribution in [2.75, 3.05) is 23.7 Å². The lowest BCUT2D eigenvalue weighted by atomic mass is 9.71. The number of pyridine rings is 2. The molecule has 0 spiro atoms. The molecule has 4 nitrogen and oxygen atoms in total. The second-order valence-corrected chi connectivity index (χ2v) is 13.9. The largest absolute Gasteiger partial charge is 0.384 e. The van der Waals surface area contributed by atoms with Crippen LogP contribution in [0.4, 0.5) is 11.4 Å². The van der Waals surface area contributed by atoms with Gasteiger partial charge in [-0.1, -0.05) is 54.1 Å². The van der Waals surface area contributed by atoms with Gasteiger partial charge in [0, 0.05) is 62.2 Å². The first-order valence-corrected chi connectivity index (χ1v) is 17.2. The summed E-state index contributed by atoms with van der Waals surface area (Å²) in [5, 5.41) is 11.6. The van der Waals surface area contributed by atoms with E-state index in [1.807, 2.05) is 24.3 Å². The van der Waals surface area contributed by atoms with Crippen molar-refractivity contribution in [3.05, 3.63) is 80.6 Å². The van der Waals surface area contributed by atoms with Gasteiger partial charge >= 0.3 is 0 Å². The van der Waals surface area contributed by atoms with Gasteiger partial charge in [0.15, 0.2) is 0 Å². The van der Waals surface area contributed by atoms with E-state index in [9.17, 15) is 0 Å². The summed E-state index contributed by atoms with van der Waals surface area (Å²) in [7, 11) is 0. The zero-order valence-electron chi connectivity index (χ0n) is 26.9. The summed E-state index contributed by atoms with van der Waals surface area (Å²) in [5.41, 5.74) is 11.6. The van der Waals surface area contributed by atoms with Crippen molar-refractivity contribution in [3.8, 4) is 0 Å². The third-order valence-electron chi connectivity index (χ3n) is 9.79. The highest BCUT2D eigenvalue weighted by Crippen LogP contribution is 2.47.